The van der Waals surface area contributed by atoms with Crippen molar-refractivity contribution in [3.8, 4) is 78.0 Å². The smallest absolute Gasteiger partial charge is 0.261 e. The predicted molar refractivity (Wildman–Crippen MR) is 445 cm³/mol. The van der Waals surface area contributed by atoms with Crippen LogP contribution in [0.5, 0.6) is 0 Å². The van der Waals surface area contributed by atoms with Crippen molar-refractivity contribution in [2.45, 2.75) is 13.1 Å². The minimum Gasteiger partial charge on any atom is -0.289 e. The Bertz CT molecular complexity index is 6690. The minimum absolute atomic E-state index is 0.122. The van der Waals surface area contributed by atoms with Gasteiger partial charge in [-0.2, -0.15) is 18.3 Å². The van der Waals surface area contributed by atoms with Crippen LogP contribution in [0.3, 0.4) is 0 Å². The van der Waals surface area contributed by atoms with Crippen LogP contribution in [0.4, 0.5) is 0 Å². The molecule has 0 radical (unpaired) electrons. The number of ketones is 7. The SMILES string of the molecule is C[n+]1ccc2c(c1)-c1ccccc1C2=O.C[n+]1ccc2c(c1)C(=O)c1ccccc1-2.C[n+]1cccc2c1-c1ccccc1C2=O.C[n+]1cccc2c1C(=O)c1ccccc1-2.C[n+]1cccc2c1C(=O)c1ccccc1-2.O=C1c2ccccc2-c2cc[n+](Cc3ccccc3)cc21.O=C1c2ccccc2-c2ccc[n+](Cc3ccccc3)c21. The largest absolute Gasteiger partial charge is 0.289 e. The highest BCUT2D eigenvalue weighted by atomic mass is 16.2. The number of nitrogens with zero attached hydrogens (tertiary/aromatic N) is 7. The van der Waals surface area contributed by atoms with E-state index < -0.39 is 0 Å². The fraction of sp³-hybridized carbons (Fsp3) is 0.0680. The van der Waals surface area contributed by atoms with Crippen molar-refractivity contribution in [1.82, 2.24) is 0 Å². The summed E-state index contributed by atoms with van der Waals surface area (Å²) in [5, 5.41) is 0. The van der Waals surface area contributed by atoms with Crippen LogP contribution in [-0.2, 0) is 48.3 Å². The summed E-state index contributed by atoms with van der Waals surface area (Å²) in [6.45, 7) is 1.49. The molecule has 7 aliphatic carbocycles. The average molecular weight is 1530 g/mol. The van der Waals surface area contributed by atoms with Gasteiger partial charge in [-0.05, 0) is 63.7 Å². The van der Waals surface area contributed by atoms with Gasteiger partial charge in [0.2, 0.25) is 11.5 Å². The van der Waals surface area contributed by atoms with Crippen molar-refractivity contribution < 1.29 is 65.5 Å². The van der Waals surface area contributed by atoms with Gasteiger partial charge in [-0.3, -0.25) is 33.6 Å². The Morgan fingerprint density at radius 1 is 0.179 bits per heavy atom. The molecule has 7 heterocycles. The Kier molecular flexibility index (Phi) is 20.2. The average Bonchev–Trinajstić information content (AvgIpc) is 1.64. The van der Waals surface area contributed by atoms with Crippen molar-refractivity contribution in [1.29, 1.82) is 0 Å². The zero-order valence-electron chi connectivity index (χ0n) is 65.0. The van der Waals surface area contributed by atoms with Crippen molar-refractivity contribution in [3.05, 3.63) is 449 Å². The molecular weight excluding hydrogens is 1450 g/mol. The number of benzene rings is 9. The molecule has 0 fully saturated rings. The zero-order valence-corrected chi connectivity index (χ0v) is 65.0. The molecular formula is C103H78N7O7+7. The van der Waals surface area contributed by atoms with Crippen LogP contribution in [0.15, 0.2) is 359 Å². The van der Waals surface area contributed by atoms with E-state index in [9.17, 15) is 33.6 Å². The lowest BCUT2D eigenvalue weighted by atomic mass is 10.1. The second-order valence-electron chi connectivity index (χ2n) is 29.5. The van der Waals surface area contributed by atoms with Crippen molar-refractivity contribution in [2.24, 2.45) is 35.2 Å². The number of aryl methyl sites for hydroxylation is 5. The Morgan fingerprint density at radius 3 is 0.897 bits per heavy atom. The Labute approximate surface area is 677 Å². The summed E-state index contributed by atoms with van der Waals surface area (Å²) in [4.78, 5) is 85.4. The fourth-order valence-corrected chi connectivity index (χ4v) is 16.5. The van der Waals surface area contributed by atoms with E-state index in [1.54, 1.807) is 0 Å². The van der Waals surface area contributed by atoms with E-state index in [0.29, 0.717) is 6.54 Å². The standard InChI is InChI=1S/2C19H14NO.5C13H10NO/c21-19-17-10-5-4-9-15(17)16-11-6-12-20(18(16)19)13-14-7-2-1-3-8-14;21-19-17-9-5-4-8-15(17)16-10-11-20(13-18(16)19)12-14-6-2-1-3-7-14;2*1-14-8-4-7-10-9-5-2-3-6-11(9)13(15)12(10)14;1-14-8-4-7-11-12(14)9-5-2-3-6-10(9)13(11)15;1-14-7-6-10-9-4-2-3-5-11(9)13(15)12(10)8-14;1-14-7-6-11-12(8-14)9-4-2-3-5-10(9)13(11)15/h1-12H,13H2;1-11,13H,12H2;5*2-8H,1H3/q7*+1. The molecule has 0 atom stereocenters. The van der Waals surface area contributed by atoms with Gasteiger partial charge in [0.1, 0.15) is 35.2 Å². The number of fused-ring (bicyclic) bond motifs is 21. The molecule has 0 saturated heterocycles. The van der Waals surface area contributed by atoms with Gasteiger partial charge in [0.05, 0.1) is 44.5 Å². The highest BCUT2D eigenvalue weighted by Crippen LogP contribution is 2.41. The molecule has 0 N–H and O–H groups in total. The third-order valence-corrected chi connectivity index (χ3v) is 22.1. The summed E-state index contributed by atoms with van der Waals surface area (Å²) in [7, 11) is 9.67. The van der Waals surface area contributed by atoms with Gasteiger partial charge < -0.3 is 0 Å². The van der Waals surface area contributed by atoms with Gasteiger partial charge in [0.15, 0.2) is 92.4 Å². The quantitative estimate of drug-likeness (QED) is 0.159. The molecule has 117 heavy (non-hydrogen) atoms. The first-order chi connectivity index (χ1) is 57.1. The highest BCUT2D eigenvalue weighted by molar-refractivity contribution is 6.25. The summed E-state index contributed by atoms with van der Waals surface area (Å²) in [6.07, 6.45) is 19.5. The van der Waals surface area contributed by atoms with Crippen LogP contribution < -0.4 is 32.0 Å². The van der Waals surface area contributed by atoms with E-state index in [0.717, 1.165) is 163 Å². The molecule has 0 amide bonds. The van der Waals surface area contributed by atoms with Gasteiger partial charge in [0.25, 0.3) is 34.4 Å². The van der Waals surface area contributed by atoms with Crippen LogP contribution in [-0.4, -0.2) is 40.5 Å². The van der Waals surface area contributed by atoms with E-state index >= 15 is 0 Å². The first-order valence-electron chi connectivity index (χ1n) is 38.6. The summed E-state index contributed by atoms with van der Waals surface area (Å²) in [5.41, 5.74) is 28.3. The van der Waals surface area contributed by atoms with E-state index in [1.807, 2.05) is 398 Å². The highest BCUT2D eigenvalue weighted by Gasteiger charge is 2.39. The van der Waals surface area contributed by atoms with Crippen LogP contribution in [0.2, 0.25) is 0 Å². The number of hydrogen-bond acceptors (Lipinski definition) is 7. The van der Waals surface area contributed by atoms with Gasteiger partial charge in [-0.25, -0.2) is 13.7 Å². The molecule has 23 rings (SSSR count). The lowest BCUT2D eigenvalue weighted by Gasteiger charge is -2.02. The summed E-state index contributed by atoms with van der Waals surface area (Å²) < 4.78 is 13.8. The normalized spacial score (nSPS) is 12.3. The number of aromatic nitrogens is 7. The monoisotopic (exact) mass is 1520 g/mol. The van der Waals surface area contributed by atoms with Crippen LogP contribution in [0, 0.1) is 0 Å². The maximum atomic E-state index is 12.7. The fourth-order valence-electron chi connectivity index (χ4n) is 16.5. The number of pyridine rings is 7. The third kappa shape index (κ3) is 14.0. The molecule has 7 aromatic heterocycles. The topological polar surface area (TPSA) is 147 Å². The number of hydrogen-bond donors (Lipinski definition) is 0. The molecule has 16 aromatic rings. The molecule has 0 unspecified atom stereocenters. The molecule has 14 heteroatoms. The van der Waals surface area contributed by atoms with E-state index in [1.165, 1.54) is 11.1 Å². The molecule has 0 saturated carbocycles. The maximum absolute atomic E-state index is 12.7. The van der Waals surface area contributed by atoms with Crippen LogP contribution in [0.1, 0.15) is 123 Å². The first kappa shape index (κ1) is 74.5. The summed E-state index contributed by atoms with van der Waals surface area (Å²) in [5.74, 6) is 0.919. The Morgan fingerprint density at radius 2 is 0.444 bits per heavy atom. The molecule has 0 bridgehead atoms. The Hall–Kier alpha value is -15.3. The summed E-state index contributed by atoms with van der Waals surface area (Å²) >= 11 is 0. The van der Waals surface area contributed by atoms with Crippen molar-refractivity contribution in [2.75, 3.05) is 0 Å². The van der Waals surface area contributed by atoms with Crippen molar-refractivity contribution in [3.63, 3.8) is 0 Å². The Balaban J connectivity index is 0.0000000985. The van der Waals surface area contributed by atoms with Gasteiger partial charge in [0, 0.05) is 109 Å². The predicted octanol–water partition coefficient (Wildman–Crippen LogP) is 15.1. The zero-order chi connectivity index (χ0) is 80.5. The molecule has 14 nitrogen and oxygen atoms in total. The lowest BCUT2D eigenvalue weighted by molar-refractivity contribution is -0.689. The molecule has 0 aliphatic heterocycles. The van der Waals surface area contributed by atoms with Gasteiger partial charge >= 0.3 is 0 Å². The second kappa shape index (κ2) is 31.7. The lowest BCUT2D eigenvalue weighted by Crippen LogP contribution is -2.40. The van der Waals surface area contributed by atoms with Gasteiger partial charge in [-0.1, -0.05) is 224 Å². The van der Waals surface area contributed by atoms with Gasteiger partial charge in [-0.15, -0.1) is 0 Å². The maximum Gasteiger partial charge on any atom is 0.261 e. The molecule has 7 aliphatic rings. The number of carbonyl (C=O) groups excluding carboxylic acids is 7. The molecule has 0 spiro atoms. The van der Waals surface area contributed by atoms with Crippen molar-refractivity contribution >= 4 is 40.5 Å². The summed E-state index contributed by atoms with van der Waals surface area (Å²) in [6, 6.07) is 96.6. The molecule has 560 valence electrons. The minimum atomic E-state index is 0.122. The van der Waals surface area contributed by atoms with E-state index in [4.69, 9.17) is 0 Å². The van der Waals surface area contributed by atoms with Crippen LogP contribution in [0.25, 0.3) is 78.0 Å². The molecule has 9 aromatic carbocycles. The van der Waals surface area contributed by atoms with Crippen LogP contribution >= 0.6 is 0 Å². The number of carbonyl (C=O) groups is 7. The number of rotatable bonds is 4. The van der Waals surface area contributed by atoms with E-state index in [-0.39, 0.29) is 40.5 Å². The second-order valence-corrected chi connectivity index (χ2v) is 29.5. The third-order valence-electron chi connectivity index (χ3n) is 22.1. The van der Waals surface area contributed by atoms with E-state index in [2.05, 4.69) is 28.8 Å². The first-order valence-corrected chi connectivity index (χ1v) is 38.6.